The molecule has 1 aromatic heterocycles. The summed E-state index contributed by atoms with van der Waals surface area (Å²) in [7, 11) is 1.73. The molecule has 0 radical (unpaired) electrons. The first-order valence-electron chi connectivity index (χ1n) is 4.58. The Morgan fingerprint density at radius 2 is 2.46 bits per heavy atom. The van der Waals surface area contributed by atoms with Crippen LogP contribution in [0.2, 0.25) is 0 Å². The van der Waals surface area contributed by atoms with E-state index in [9.17, 15) is 0 Å². The molecule has 1 unspecified atom stereocenters. The number of methoxy groups -OCH3 is 1. The van der Waals surface area contributed by atoms with Gasteiger partial charge in [0.1, 0.15) is 0 Å². The number of thiophene rings is 1. The first-order chi connectivity index (χ1) is 6.33. The lowest BCUT2D eigenvalue weighted by Crippen LogP contribution is -2.22. The molecular formula is C10H17NOS. The van der Waals surface area contributed by atoms with Crippen molar-refractivity contribution in [2.75, 3.05) is 13.7 Å². The molecule has 0 bridgehead atoms. The molecule has 1 aromatic rings. The van der Waals surface area contributed by atoms with Crippen LogP contribution < -0.4 is 5.73 Å². The van der Waals surface area contributed by atoms with E-state index in [-0.39, 0.29) is 6.04 Å². The normalized spacial score (nSPS) is 13.1. The zero-order valence-corrected chi connectivity index (χ0v) is 8.85. The Labute approximate surface area is 83.7 Å². The summed E-state index contributed by atoms with van der Waals surface area (Å²) in [6, 6.07) is 2.42. The second kappa shape index (κ2) is 6.13. The third-order valence-electron chi connectivity index (χ3n) is 2.00. The predicted octanol–water partition coefficient (Wildman–Crippen LogP) is 2.04. The van der Waals surface area contributed by atoms with Gasteiger partial charge in [-0.1, -0.05) is 0 Å². The molecule has 0 amide bonds. The summed E-state index contributed by atoms with van der Waals surface area (Å²) in [5.74, 6) is 0. The van der Waals surface area contributed by atoms with Gasteiger partial charge in [-0.15, -0.1) is 0 Å². The van der Waals surface area contributed by atoms with Crippen LogP contribution in [0, 0.1) is 0 Å². The van der Waals surface area contributed by atoms with Gasteiger partial charge < -0.3 is 10.5 Å². The lowest BCUT2D eigenvalue weighted by atomic mass is 10.1. The molecule has 0 aliphatic carbocycles. The lowest BCUT2D eigenvalue weighted by molar-refractivity contribution is 0.190. The van der Waals surface area contributed by atoms with Crippen LogP contribution in [-0.2, 0) is 11.2 Å². The predicted molar refractivity (Wildman–Crippen MR) is 57.1 cm³/mol. The molecule has 3 heteroatoms. The highest BCUT2D eigenvalue weighted by molar-refractivity contribution is 7.07. The van der Waals surface area contributed by atoms with Crippen molar-refractivity contribution in [2.45, 2.75) is 25.3 Å². The lowest BCUT2D eigenvalue weighted by Gasteiger charge is -2.09. The molecule has 0 aliphatic heterocycles. The van der Waals surface area contributed by atoms with Crippen LogP contribution >= 0.6 is 11.3 Å². The summed E-state index contributed by atoms with van der Waals surface area (Å²) in [4.78, 5) is 0. The summed E-state index contributed by atoms with van der Waals surface area (Å²) >= 11 is 1.73. The minimum Gasteiger partial charge on any atom is -0.385 e. The molecule has 0 aromatic carbocycles. The quantitative estimate of drug-likeness (QED) is 0.712. The van der Waals surface area contributed by atoms with E-state index in [4.69, 9.17) is 10.5 Å². The zero-order chi connectivity index (χ0) is 9.52. The molecule has 0 saturated carbocycles. The minimum absolute atomic E-state index is 0.282. The van der Waals surface area contributed by atoms with E-state index < -0.39 is 0 Å². The van der Waals surface area contributed by atoms with E-state index in [0.29, 0.717) is 0 Å². The Balaban J connectivity index is 2.14. The van der Waals surface area contributed by atoms with E-state index in [1.165, 1.54) is 5.56 Å². The van der Waals surface area contributed by atoms with Crippen molar-refractivity contribution in [3.05, 3.63) is 22.4 Å². The number of rotatable bonds is 6. The van der Waals surface area contributed by atoms with Crippen LogP contribution in [0.25, 0.3) is 0 Å². The van der Waals surface area contributed by atoms with Crippen molar-refractivity contribution in [1.29, 1.82) is 0 Å². The molecule has 13 heavy (non-hydrogen) atoms. The van der Waals surface area contributed by atoms with Crippen LogP contribution in [0.15, 0.2) is 16.8 Å². The third kappa shape index (κ3) is 4.41. The van der Waals surface area contributed by atoms with Crippen molar-refractivity contribution >= 4 is 11.3 Å². The minimum atomic E-state index is 0.282. The summed E-state index contributed by atoms with van der Waals surface area (Å²) < 4.78 is 4.97. The Morgan fingerprint density at radius 3 is 3.08 bits per heavy atom. The van der Waals surface area contributed by atoms with Gasteiger partial charge in [0.05, 0.1) is 0 Å². The van der Waals surface area contributed by atoms with Gasteiger partial charge in [-0.3, -0.25) is 0 Å². The molecule has 0 saturated heterocycles. The first-order valence-corrected chi connectivity index (χ1v) is 5.53. The smallest absolute Gasteiger partial charge is 0.0462 e. The zero-order valence-electron chi connectivity index (χ0n) is 8.03. The van der Waals surface area contributed by atoms with Gasteiger partial charge in [0.15, 0.2) is 0 Å². The molecule has 1 heterocycles. The Bertz CT molecular complexity index is 211. The molecule has 2 N–H and O–H groups in total. The van der Waals surface area contributed by atoms with Crippen LogP contribution in [0.5, 0.6) is 0 Å². The monoisotopic (exact) mass is 199 g/mol. The fraction of sp³-hybridized carbons (Fsp3) is 0.600. The van der Waals surface area contributed by atoms with E-state index >= 15 is 0 Å². The summed E-state index contributed by atoms with van der Waals surface area (Å²) in [5.41, 5.74) is 7.31. The third-order valence-corrected chi connectivity index (χ3v) is 2.73. The van der Waals surface area contributed by atoms with Crippen LogP contribution in [0.1, 0.15) is 18.4 Å². The fourth-order valence-electron chi connectivity index (χ4n) is 1.30. The molecule has 1 rings (SSSR count). The molecule has 0 fully saturated rings. The molecule has 0 spiro atoms. The SMILES string of the molecule is COCCCC(N)Cc1ccsc1. The van der Waals surface area contributed by atoms with Crippen molar-refractivity contribution in [2.24, 2.45) is 5.73 Å². The highest BCUT2D eigenvalue weighted by Crippen LogP contribution is 2.09. The van der Waals surface area contributed by atoms with E-state index in [2.05, 4.69) is 16.8 Å². The van der Waals surface area contributed by atoms with Gasteiger partial charge >= 0.3 is 0 Å². The average Bonchev–Trinajstić information content (AvgIpc) is 2.57. The summed E-state index contributed by atoms with van der Waals surface area (Å²) in [6.45, 7) is 0.817. The van der Waals surface area contributed by atoms with E-state index in [0.717, 1.165) is 25.9 Å². The number of nitrogens with two attached hydrogens (primary N) is 1. The van der Waals surface area contributed by atoms with E-state index in [1.807, 2.05) is 0 Å². The fourth-order valence-corrected chi connectivity index (χ4v) is 1.98. The highest BCUT2D eigenvalue weighted by atomic mass is 32.1. The Hall–Kier alpha value is -0.380. The van der Waals surface area contributed by atoms with E-state index in [1.54, 1.807) is 18.4 Å². The largest absolute Gasteiger partial charge is 0.385 e. The van der Waals surface area contributed by atoms with Crippen LogP contribution in [-0.4, -0.2) is 19.8 Å². The molecule has 2 nitrogen and oxygen atoms in total. The van der Waals surface area contributed by atoms with Crippen LogP contribution in [0.3, 0.4) is 0 Å². The van der Waals surface area contributed by atoms with Gasteiger partial charge in [0.2, 0.25) is 0 Å². The van der Waals surface area contributed by atoms with Gasteiger partial charge in [-0.05, 0) is 41.7 Å². The highest BCUT2D eigenvalue weighted by Gasteiger charge is 2.03. The Morgan fingerprint density at radius 1 is 1.62 bits per heavy atom. The van der Waals surface area contributed by atoms with Crippen molar-refractivity contribution in [1.82, 2.24) is 0 Å². The standard InChI is InChI=1S/C10H17NOS/c1-12-5-2-3-10(11)7-9-4-6-13-8-9/h4,6,8,10H,2-3,5,7,11H2,1H3. The van der Waals surface area contributed by atoms with Gasteiger partial charge in [-0.25, -0.2) is 0 Å². The maximum atomic E-state index is 5.95. The topological polar surface area (TPSA) is 35.2 Å². The summed E-state index contributed by atoms with van der Waals surface area (Å²) in [6.07, 6.45) is 3.10. The number of ether oxygens (including phenoxy) is 1. The molecular weight excluding hydrogens is 182 g/mol. The maximum absolute atomic E-state index is 5.95. The van der Waals surface area contributed by atoms with Gasteiger partial charge in [-0.2, -0.15) is 11.3 Å². The molecule has 1 atom stereocenters. The van der Waals surface area contributed by atoms with Crippen LogP contribution in [0.4, 0.5) is 0 Å². The van der Waals surface area contributed by atoms with Crippen molar-refractivity contribution in [3.8, 4) is 0 Å². The van der Waals surface area contributed by atoms with Crippen molar-refractivity contribution in [3.63, 3.8) is 0 Å². The van der Waals surface area contributed by atoms with Gasteiger partial charge in [0.25, 0.3) is 0 Å². The van der Waals surface area contributed by atoms with Crippen molar-refractivity contribution < 1.29 is 4.74 Å². The Kier molecular flexibility index (Phi) is 5.05. The summed E-state index contributed by atoms with van der Waals surface area (Å²) in [5, 5.41) is 4.26. The second-order valence-corrected chi connectivity index (χ2v) is 4.01. The van der Waals surface area contributed by atoms with Gasteiger partial charge in [0, 0.05) is 19.8 Å². The molecule has 0 aliphatic rings. The number of hydrogen-bond donors (Lipinski definition) is 1. The average molecular weight is 199 g/mol. The maximum Gasteiger partial charge on any atom is 0.0462 e. The first kappa shape index (κ1) is 10.7. The second-order valence-electron chi connectivity index (χ2n) is 3.23. The number of hydrogen-bond acceptors (Lipinski definition) is 3. The molecule has 74 valence electrons.